The number of pyridine rings is 1. The Hall–Kier alpha value is -1.42. The lowest BCUT2D eigenvalue weighted by molar-refractivity contribution is 0.319. The van der Waals surface area contributed by atoms with Crippen LogP contribution in [-0.4, -0.2) is 15.9 Å². The first-order valence-corrected chi connectivity index (χ1v) is 4.72. The van der Waals surface area contributed by atoms with E-state index in [1.165, 1.54) is 0 Å². The van der Waals surface area contributed by atoms with Gasteiger partial charge in [0.15, 0.2) is 0 Å². The van der Waals surface area contributed by atoms with E-state index in [-0.39, 0.29) is 0 Å². The van der Waals surface area contributed by atoms with Crippen molar-refractivity contribution < 1.29 is 5.21 Å². The van der Waals surface area contributed by atoms with E-state index in [2.05, 4.69) is 10.1 Å². The normalized spacial score (nSPS) is 12.2. The van der Waals surface area contributed by atoms with Crippen molar-refractivity contribution in [2.75, 3.05) is 0 Å². The Morgan fingerprint density at radius 1 is 1.54 bits per heavy atom. The number of rotatable bonds is 1. The van der Waals surface area contributed by atoms with Gasteiger partial charge in [0.1, 0.15) is 4.83 Å². The molecule has 0 aliphatic heterocycles. The van der Waals surface area contributed by atoms with Crippen LogP contribution in [0.25, 0.3) is 10.2 Å². The molecule has 0 saturated carbocycles. The average Bonchev–Trinajstić information content (AvgIpc) is 2.63. The zero-order valence-corrected chi connectivity index (χ0v) is 7.88. The SMILES string of the molecule is C/C(=N\O)c1ccnc2sccc12. The minimum Gasteiger partial charge on any atom is -0.411 e. The van der Waals surface area contributed by atoms with Crippen LogP contribution in [0.3, 0.4) is 0 Å². The van der Waals surface area contributed by atoms with Crippen molar-refractivity contribution in [3.63, 3.8) is 0 Å². The third-order valence-corrected chi connectivity index (χ3v) is 2.73. The molecule has 0 bridgehead atoms. The third kappa shape index (κ3) is 1.29. The molecule has 0 amide bonds. The molecule has 0 unspecified atom stereocenters. The highest BCUT2D eigenvalue weighted by molar-refractivity contribution is 7.16. The molecule has 2 rings (SSSR count). The molecule has 4 heteroatoms. The zero-order chi connectivity index (χ0) is 9.26. The molecule has 0 fully saturated rings. The first-order chi connectivity index (χ1) is 6.33. The molecule has 66 valence electrons. The molecule has 0 spiro atoms. The minimum atomic E-state index is 0.616. The summed E-state index contributed by atoms with van der Waals surface area (Å²) in [5, 5.41) is 14.9. The van der Waals surface area contributed by atoms with Gasteiger partial charge < -0.3 is 5.21 Å². The smallest absolute Gasteiger partial charge is 0.123 e. The number of hydrogen-bond acceptors (Lipinski definition) is 4. The quantitative estimate of drug-likeness (QED) is 0.428. The molecular weight excluding hydrogens is 184 g/mol. The maximum atomic E-state index is 8.66. The molecule has 0 radical (unpaired) electrons. The second-order valence-corrected chi connectivity index (χ2v) is 3.58. The third-order valence-electron chi connectivity index (χ3n) is 1.91. The highest BCUT2D eigenvalue weighted by Crippen LogP contribution is 2.22. The monoisotopic (exact) mass is 192 g/mol. The number of oxime groups is 1. The Morgan fingerprint density at radius 3 is 3.15 bits per heavy atom. The molecule has 0 aromatic carbocycles. The van der Waals surface area contributed by atoms with Gasteiger partial charge >= 0.3 is 0 Å². The molecule has 3 nitrogen and oxygen atoms in total. The highest BCUT2D eigenvalue weighted by Gasteiger charge is 2.05. The van der Waals surface area contributed by atoms with Gasteiger partial charge in [0.05, 0.1) is 5.71 Å². The number of thiophene rings is 1. The Bertz CT molecular complexity index is 461. The lowest BCUT2D eigenvalue weighted by Crippen LogP contribution is -1.94. The molecular formula is C9H8N2OS. The minimum absolute atomic E-state index is 0.616. The summed E-state index contributed by atoms with van der Waals surface area (Å²) in [6, 6.07) is 3.83. The fraction of sp³-hybridized carbons (Fsp3) is 0.111. The van der Waals surface area contributed by atoms with Crippen LogP contribution in [-0.2, 0) is 0 Å². The van der Waals surface area contributed by atoms with Gasteiger partial charge in [-0.05, 0) is 24.4 Å². The Kier molecular flexibility index (Phi) is 1.98. The van der Waals surface area contributed by atoms with Crippen LogP contribution < -0.4 is 0 Å². The second kappa shape index (κ2) is 3.14. The van der Waals surface area contributed by atoms with Gasteiger partial charge in [-0.1, -0.05) is 5.16 Å². The van der Waals surface area contributed by atoms with Crippen LogP contribution in [0.4, 0.5) is 0 Å². The van der Waals surface area contributed by atoms with E-state index < -0.39 is 0 Å². The van der Waals surface area contributed by atoms with Gasteiger partial charge in [0, 0.05) is 17.1 Å². The Morgan fingerprint density at radius 2 is 2.38 bits per heavy atom. The van der Waals surface area contributed by atoms with Crippen molar-refractivity contribution in [2.24, 2.45) is 5.16 Å². The predicted molar refractivity (Wildman–Crippen MR) is 53.6 cm³/mol. The van der Waals surface area contributed by atoms with Crippen LogP contribution in [0, 0.1) is 0 Å². The molecule has 0 saturated heterocycles. The molecule has 1 N–H and O–H groups in total. The summed E-state index contributed by atoms with van der Waals surface area (Å²) in [6.45, 7) is 1.77. The van der Waals surface area contributed by atoms with Gasteiger partial charge in [0.2, 0.25) is 0 Å². The Balaban J connectivity index is 2.75. The molecule has 2 heterocycles. The van der Waals surface area contributed by atoms with Gasteiger partial charge in [-0.3, -0.25) is 0 Å². The van der Waals surface area contributed by atoms with E-state index in [0.717, 1.165) is 15.8 Å². The standard InChI is InChI=1S/C9H8N2OS/c1-6(11-12)7-2-4-10-9-8(7)3-5-13-9/h2-5,12H,1H3/b11-6+. The van der Waals surface area contributed by atoms with E-state index in [9.17, 15) is 0 Å². The number of aromatic nitrogens is 1. The summed E-state index contributed by atoms with van der Waals surface area (Å²) in [5.41, 5.74) is 1.56. The molecule has 0 atom stereocenters. The molecule has 0 aliphatic rings. The van der Waals surface area contributed by atoms with Gasteiger partial charge in [-0.2, -0.15) is 0 Å². The summed E-state index contributed by atoms with van der Waals surface area (Å²) in [7, 11) is 0. The van der Waals surface area contributed by atoms with Crippen LogP contribution >= 0.6 is 11.3 Å². The van der Waals surface area contributed by atoms with Crippen LogP contribution in [0.5, 0.6) is 0 Å². The van der Waals surface area contributed by atoms with E-state index in [4.69, 9.17) is 5.21 Å². The number of hydrogen-bond donors (Lipinski definition) is 1. The Labute approximate surface area is 79.3 Å². The summed E-state index contributed by atoms with van der Waals surface area (Å²) in [6.07, 6.45) is 1.73. The molecule has 0 aliphatic carbocycles. The average molecular weight is 192 g/mol. The topological polar surface area (TPSA) is 45.5 Å². The molecule has 2 aromatic rings. The fourth-order valence-electron chi connectivity index (χ4n) is 1.24. The predicted octanol–water partition coefficient (Wildman–Crippen LogP) is 2.49. The van der Waals surface area contributed by atoms with Crippen molar-refractivity contribution in [3.8, 4) is 0 Å². The first kappa shape index (κ1) is 8.19. The van der Waals surface area contributed by atoms with Crippen molar-refractivity contribution in [1.82, 2.24) is 4.98 Å². The maximum Gasteiger partial charge on any atom is 0.123 e. The van der Waals surface area contributed by atoms with E-state index >= 15 is 0 Å². The van der Waals surface area contributed by atoms with Gasteiger partial charge in [-0.15, -0.1) is 11.3 Å². The van der Waals surface area contributed by atoms with E-state index in [1.54, 1.807) is 24.5 Å². The second-order valence-electron chi connectivity index (χ2n) is 2.68. The summed E-state index contributed by atoms with van der Waals surface area (Å²) in [5.74, 6) is 0. The van der Waals surface area contributed by atoms with Crippen molar-refractivity contribution >= 4 is 27.3 Å². The number of fused-ring (bicyclic) bond motifs is 1. The van der Waals surface area contributed by atoms with E-state index in [1.807, 2.05) is 17.5 Å². The van der Waals surface area contributed by atoms with Crippen molar-refractivity contribution in [1.29, 1.82) is 0 Å². The lowest BCUT2D eigenvalue weighted by atomic mass is 10.1. The largest absolute Gasteiger partial charge is 0.411 e. The lowest BCUT2D eigenvalue weighted by Gasteiger charge is -1.98. The first-order valence-electron chi connectivity index (χ1n) is 3.84. The van der Waals surface area contributed by atoms with Gasteiger partial charge in [-0.25, -0.2) is 4.98 Å². The molecule has 13 heavy (non-hydrogen) atoms. The maximum absolute atomic E-state index is 8.66. The summed E-state index contributed by atoms with van der Waals surface area (Å²) >= 11 is 1.58. The van der Waals surface area contributed by atoms with Crippen molar-refractivity contribution in [3.05, 3.63) is 29.3 Å². The zero-order valence-electron chi connectivity index (χ0n) is 7.06. The van der Waals surface area contributed by atoms with Crippen LogP contribution in [0.15, 0.2) is 28.9 Å². The number of nitrogens with zero attached hydrogens (tertiary/aromatic N) is 2. The highest BCUT2D eigenvalue weighted by atomic mass is 32.1. The summed E-state index contributed by atoms with van der Waals surface area (Å²) in [4.78, 5) is 5.17. The fourth-order valence-corrected chi connectivity index (χ4v) is 2.00. The van der Waals surface area contributed by atoms with Crippen molar-refractivity contribution in [2.45, 2.75) is 6.92 Å². The van der Waals surface area contributed by atoms with Crippen LogP contribution in [0.2, 0.25) is 0 Å². The van der Waals surface area contributed by atoms with Gasteiger partial charge in [0.25, 0.3) is 0 Å². The molecule has 2 aromatic heterocycles. The van der Waals surface area contributed by atoms with Crippen LogP contribution in [0.1, 0.15) is 12.5 Å². The summed E-state index contributed by atoms with van der Waals surface area (Å²) < 4.78 is 0. The van der Waals surface area contributed by atoms with E-state index in [0.29, 0.717) is 5.71 Å².